The van der Waals surface area contributed by atoms with Gasteiger partial charge >= 0.3 is 0 Å². The smallest absolute Gasteiger partial charge is 0.131 e. The molecular formula is C15H22ClN3O. The number of hydrogen-bond acceptors (Lipinski definition) is 4. The molecule has 0 amide bonds. The Morgan fingerprint density at radius 1 is 1.45 bits per heavy atom. The third-order valence-electron chi connectivity index (χ3n) is 4.30. The maximum atomic E-state index is 6.12. The first kappa shape index (κ1) is 14.1. The van der Waals surface area contributed by atoms with Gasteiger partial charge in [0, 0.05) is 12.5 Å². The molecule has 1 aliphatic carbocycles. The highest BCUT2D eigenvalue weighted by molar-refractivity contribution is 6.17. The van der Waals surface area contributed by atoms with E-state index in [2.05, 4.69) is 28.7 Å². The van der Waals surface area contributed by atoms with Crippen molar-refractivity contribution in [3.8, 4) is 0 Å². The van der Waals surface area contributed by atoms with E-state index in [9.17, 15) is 0 Å². The van der Waals surface area contributed by atoms with Gasteiger partial charge in [-0.05, 0) is 19.3 Å². The average Bonchev–Trinajstić information content (AvgIpc) is 2.94. The molecule has 3 rings (SSSR count). The molecule has 2 aliphatic rings. The first-order valence-corrected chi connectivity index (χ1v) is 8.04. The second kappa shape index (κ2) is 5.86. The van der Waals surface area contributed by atoms with Gasteiger partial charge in [0.15, 0.2) is 0 Å². The van der Waals surface area contributed by atoms with E-state index < -0.39 is 0 Å². The van der Waals surface area contributed by atoms with E-state index in [0.717, 1.165) is 30.4 Å². The molecule has 1 saturated carbocycles. The highest BCUT2D eigenvalue weighted by atomic mass is 35.5. The fraction of sp³-hybridized carbons (Fsp3) is 0.733. The van der Waals surface area contributed by atoms with Crippen molar-refractivity contribution >= 4 is 17.3 Å². The van der Waals surface area contributed by atoms with Gasteiger partial charge in [-0.2, -0.15) is 0 Å². The summed E-state index contributed by atoms with van der Waals surface area (Å²) in [5, 5.41) is 0. The Kier molecular flexibility index (Phi) is 4.13. The second-order valence-electron chi connectivity index (χ2n) is 5.95. The summed E-state index contributed by atoms with van der Waals surface area (Å²) in [5.74, 6) is 1.64. The fourth-order valence-corrected chi connectivity index (χ4v) is 3.46. The van der Waals surface area contributed by atoms with Gasteiger partial charge in [-0.1, -0.05) is 13.8 Å². The topological polar surface area (TPSA) is 38.2 Å². The van der Waals surface area contributed by atoms with Crippen molar-refractivity contribution in [2.24, 2.45) is 0 Å². The Morgan fingerprint density at radius 2 is 2.30 bits per heavy atom. The van der Waals surface area contributed by atoms with Crippen molar-refractivity contribution in [3.63, 3.8) is 0 Å². The Bertz CT molecular complexity index is 480. The van der Waals surface area contributed by atoms with E-state index in [1.807, 2.05) is 6.20 Å². The van der Waals surface area contributed by atoms with Crippen molar-refractivity contribution in [2.45, 2.75) is 57.1 Å². The standard InChI is InChI=1S/C15H22ClN3O/c1-10(2)15-17-9-13(11(8-16)18-15)19-6-7-20-14-5-3-4-12(14)19/h9-10,12,14H,3-8H2,1-2H3. The molecule has 5 heteroatoms. The minimum atomic E-state index is 0.329. The molecule has 1 aromatic rings. The Labute approximate surface area is 125 Å². The number of halogens is 1. The van der Waals surface area contributed by atoms with E-state index in [0.29, 0.717) is 23.9 Å². The first-order chi connectivity index (χ1) is 9.70. The van der Waals surface area contributed by atoms with E-state index in [1.165, 1.54) is 19.3 Å². The lowest BCUT2D eigenvalue weighted by Gasteiger charge is -2.39. The van der Waals surface area contributed by atoms with Crippen LogP contribution in [-0.4, -0.2) is 35.3 Å². The summed E-state index contributed by atoms with van der Waals surface area (Å²) >= 11 is 6.12. The van der Waals surface area contributed by atoms with Crippen LogP contribution in [0.2, 0.25) is 0 Å². The minimum Gasteiger partial charge on any atom is -0.374 e. The second-order valence-corrected chi connectivity index (χ2v) is 6.22. The molecule has 1 aliphatic heterocycles. The third-order valence-corrected chi connectivity index (χ3v) is 4.55. The molecule has 2 atom stereocenters. The van der Waals surface area contributed by atoms with Gasteiger partial charge in [-0.25, -0.2) is 9.97 Å². The number of aromatic nitrogens is 2. The highest BCUT2D eigenvalue weighted by Crippen LogP contribution is 2.34. The molecule has 2 unspecified atom stereocenters. The lowest BCUT2D eigenvalue weighted by Crippen LogP contribution is -2.49. The lowest BCUT2D eigenvalue weighted by molar-refractivity contribution is 0.0255. The maximum Gasteiger partial charge on any atom is 0.131 e. The zero-order valence-corrected chi connectivity index (χ0v) is 12.9. The van der Waals surface area contributed by atoms with Crippen molar-refractivity contribution in [3.05, 3.63) is 17.7 Å². The molecule has 0 radical (unpaired) electrons. The van der Waals surface area contributed by atoms with Crippen LogP contribution < -0.4 is 4.90 Å². The largest absolute Gasteiger partial charge is 0.374 e. The Morgan fingerprint density at radius 3 is 3.05 bits per heavy atom. The molecule has 0 bridgehead atoms. The number of nitrogens with zero attached hydrogens (tertiary/aromatic N) is 3. The van der Waals surface area contributed by atoms with Crippen LogP contribution in [-0.2, 0) is 10.6 Å². The monoisotopic (exact) mass is 295 g/mol. The number of ether oxygens (including phenoxy) is 1. The molecule has 20 heavy (non-hydrogen) atoms. The van der Waals surface area contributed by atoms with Crippen LogP contribution in [0.5, 0.6) is 0 Å². The summed E-state index contributed by atoms with van der Waals surface area (Å²) < 4.78 is 5.87. The predicted octanol–water partition coefficient (Wildman–Crippen LogP) is 3.10. The van der Waals surface area contributed by atoms with E-state index in [-0.39, 0.29) is 0 Å². The van der Waals surface area contributed by atoms with Crippen molar-refractivity contribution in [1.82, 2.24) is 9.97 Å². The fourth-order valence-electron chi connectivity index (χ4n) is 3.27. The Balaban J connectivity index is 1.92. The van der Waals surface area contributed by atoms with Gasteiger partial charge in [0.25, 0.3) is 0 Å². The quantitative estimate of drug-likeness (QED) is 0.803. The highest BCUT2D eigenvalue weighted by Gasteiger charge is 2.37. The molecule has 1 aromatic heterocycles. The van der Waals surface area contributed by atoms with Crippen LogP contribution in [0.1, 0.15) is 50.5 Å². The first-order valence-electron chi connectivity index (χ1n) is 7.50. The van der Waals surface area contributed by atoms with Crippen molar-refractivity contribution < 1.29 is 4.74 Å². The van der Waals surface area contributed by atoms with Crippen LogP contribution >= 0.6 is 11.6 Å². The number of rotatable bonds is 3. The molecule has 0 spiro atoms. The number of fused-ring (bicyclic) bond motifs is 1. The van der Waals surface area contributed by atoms with E-state index in [1.54, 1.807) is 0 Å². The van der Waals surface area contributed by atoms with Crippen LogP contribution in [0.4, 0.5) is 5.69 Å². The molecular weight excluding hydrogens is 274 g/mol. The third kappa shape index (κ3) is 2.51. The van der Waals surface area contributed by atoms with Crippen molar-refractivity contribution in [1.29, 1.82) is 0 Å². The molecule has 1 saturated heterocycles. The number of anilines is 1. The van der Waals surface area contributed by atoms with Crippen molar-refractivity contribution in [2.75, 3.05) is 18.1 Å². The normalized spacial score (nSPS) is 26.1. The number of alkyl halides is 1. The zero-order chi connectivity index (χ0) is 14.1. The zero-order valence-electron chi connectivity index (χ0n) is 12.2. The van der Waals surface area contributed by atoms with Crippen LogP contribution in [0.25, 0.3) is 0 Å². The van der Waals surface area contributed by atoms with Crippen LogP contribution in [0, 0.1) is 0 Å². The summed E-state index contributed by atoms with van der Waals surface area (Å²) in [6.07, 6.45) is 5.94. The molecule has 0 N–H and O–H groups in total. The van der Waals surface area contributed by atoms with Gasteiger partial charge in [-0.3, -0.25) is 0 Å². The van der Waals surface area contributed by atoms with Gasteiger partial charge in [0.1, 0.15) is 5.82 Å². The Hall–Kier alpha value is -0.870. The van der Waals surface area contributed by atoms with Crippen LogP contribution in [0.15, 0.2) is 6.20 Å². The molecule has 110 valence electrons. The molecule has 2 fully saturated rings. The van der Waals surface area contributed by atoms with Gasteiger partial charge in [0.05, 0.1) is 42.2 Å². The summed E-state index contributed by atoms with van der Waals surface area (Å²) in [4.78, 5) is 11.6. The summed E-state index contributed by atoms with van der Waals surface area (Å²) in [6.45, 7) is 5.91. The SMILES string of the molecule is CC(C)c1ncc(N2CCOC3CCCC32)c(CCl)n1. The predicted molar refractivity (Wildman–Crippen MR) is 80.4 cm³/mol. The summed E-state index contributed by atoms with van der Waals surface area (Å²) in [7, 11) is 0. The summed E-state index contributed by atoms with van der Waals surface area (Å²) in [5.41, 5.74) is 2.06. The molecule has 2 heterocycles. The van der Waals surface area contributed by atoms with E-state index in [4.69, 9.17) is 16.3 Å². The molecule has 4 nitrogen and oxygen atoms in total. The van der Waals surface area contributed by atoms with E-state index >= 15 is 0 Å². The number of morpholine rings is 1. The average molecular weight is 296 g/mol. The minimum absolute atomic E-state index is 0.329. The van der Waals surface area contributed by atoms with Gasteiger partial charge in [-0.15, -0.1) is 11.6 Å². The number of hydrogen-bond donors (Lipinski definition) is 0. The van der Waals surface area contributed by atoms with Gasteiger partial charge in [0.2, 0.25) is 0 Å². The molecule has 0 aromatic carbocycles. The lowest BCUT2D eigenvalue weighted by atomic mass is 10.1. The maximum absolute atomic E-state index is 6.12. The van der Waals surface area contributed by atoms with Crippen LogP contribution in [0.3, 0.4) is 0 Å². The van der Waals surface area contributed by atoms with Gasteiger partial charge < -0.3 is 9.64 Å². The summed E-state index contributed by atoms with van der Waals surface area (Å²) in [6, 6.07) is 0.471.